The van der Waals surface area contributed by atoms with Gasteiger partial charge in [-0.25, -0.2) is 4.79 Å². The zero-order valence-corrected chi connectivity index (χ0v) is 13.2. The summed E-state index contributed by atoms with van der Waals surface area (Å²) in [4.78, 5) is 14.2. The van der Waals surface area contributed by atoms with Crippen molar-refractivity contribution in [1.29, 1.82) is 0 Å². The number of halogens is 1. The predicted octanol–water partition coefficient (Wildman–Crippen LogP) is 3.99. The summed E-state index contributed by atoms with van der Waals surface area (Å²) in [6, 6.07) is 5.37. The standard InChI is InChI=1S/C17H20ClNO2/c1-11-4-3-5-19(9-11)10-13-7-17(20)21-16-6-12(2)15(18)8-14(13)16/h6-8,11H,3-5,9-10H2,1-2H3/t11-/m1/s1. The van der Waals surface area contributed by atoms with Crippen LogP contribution in [0.4, 0.5) is 0 Å². The van der Waals surface area contributed by atoms with Gasteiger partial charge in [0.05, 0.1) is 0 Å². The van der Waals surface area contributed by atoms with Gasteiger partial charge in [0, 0.05) is 29.6 Å². The van der Waals surface area contributed by atoms with Gasteiger partial charge in [-0.3, -0.25) is 4.90 Å². The molecule has 3 nitrogen and oxygen atoms in total. The first-order valence-corrected chi connectivity index (χ1v) is 7.86. The minimum Gasteiger partial charge on any atom is -0.423 e. The Morgan fingerprint density at radius 2 is 2.19 bits per heavy atom. The van der Waals surface area contributed by atoms with E-state index in [4.69, 9.17) is 16.0 Å². The Morgan fingerprint density at radius 1 is 1.38 bits per heavy atom. The SMILES string of the molecule is Cc1cc2oc(=O)cc(CN3CCC[C@@H](C)C3)c2cc1Cl. The van der Waals surface area contributed by atoms with Gasteiger partial charge in [0.2, 0.25) is 0 Å². The van der Waals surface area contributed by atoms with Crippen molar-refractivity contribution < 1.29 is 4.42 Å². The maximum atomic E-state index is 11.8. The fraction of sp³-hybridized carbons (Fsp3) is 0.471. The third-order valence-electron chi connectivity index (χ3n) is 4.24. The quantitative estimate of drug-likeness (QED) is 0.787. The van der Waals surface area contributed by atoms with E-state index in [9.17, 15) is 4.79 Å². The van der Waals surface area contributed by atoms with Crippen LogP contribution in [-0.4, -0.2) is 18.0 Å². The van der Waals surface area contributed by atoms with E-state index >= 15 is 0 Å². The second-order valence-electron chi connectivity index (χ2n) is 6.17. The first kappa shape index (κ1) is 14.6. The van der Waals surface area contributed by atoms with Gasteiger partial charge >= 0.3 is 5.63 Å². The molecular weight excluding hydrogens is 286 g/mol. The summed E-state index contributed by atoms with van der Waals surface area (Å²) < 4.78 is 5.32. The number of hydrogen-bond acceptors (Lipinski definition) is 3. The Kier molecular flexibility index (Phi) is 4.05. The summed E-state index contributed by atoms with van der Waals surface area (Å²) in [6.07, 6.45) is 2.51. The summed E-state index contributed by atoms with van der Waals surface area (Å²) in [6.45, 7) is 7.16. The van der Waals surface area contributed by atoms with Crippen molar-refractivity contribution in [3.05, 3.63) is 44.8 Å². The van der Waals surface area contributed by atoms with Crippen LogP contribution in [0.15, 0.2) is 27.4 Å². The molecule has 1 aromatic carbocycles. The lowest BCUT2D eigenvalue weighted by Crippen LogP contribution is -2.34. The smallest absolute Gasteiger partial charge is 0.336 e. The summed E-state index contributed by atoms with van der Waals surface area (Å²) in [5.41, 5.74) is 2.28. The number of benzene rings is 1. The molecule has 1 aliphatic rings. The second-order valence-corrected chi connectivity index (χ2v) is 6.58. The molecule has 2 aromatic rings. The van der Waals surface area contributed by atoms with E-state index in [2.05, 4.69) is 11.8 Å². The van der Waals surface area contributed by atoms with Gasteiger partial charge in [-0.15, -0.1) is 0 Å². The highest BCUT2D eigenvalue weighted by Crippen LogP contribution is 2.27. The molecular formula is C17H20ClNO2. The van der Waals surface area contributed by atoms with Gasteiger partial charge in [0.25, 0.3) is 0 Å². The lowest BCUT2D eigenvalue weighted by molar-refractivity contribution is 0.177. The molecule has 1 saturated heterocycles. The molecule has 21 heavy (non-hydrogen) atoms. The summed E-state index contributed by atoms with van der Waals surface area (Å²) >= 11 is 6.23. The number of likely N-dealkylation sites (tertiary alicyclic amines) is 1. The molecule has 4 heteroatoms. The number of aryl methyl sites for hydroxylation is 1. The van der Waals surface area contributed by atoms with Crippen molar-refractivity contribution in [2.24, 2.45) is 5.92 Å². The normalized spacial score (nSPS) is 20.0. The molecule has 1 fully saturated rings. The van der Waals surface area contributed by atoms with Crippen molar-refractivity contribution in [2.75, 3.05) is 13.1 Å². The van der Waals surface area contributed by atoms with Crippen LogP contribution < -0.4 is 5.63 Å². The van der Waals surface area contributed by atoms with E-state index in [-0.39, 0.29) is 5.63 Å². The molecule has 1 aromatic heterocycles. The van der Waals surface area contributed by atoms with Crippen molar-refractivity contribution >= 4 is 22.6 Å². The molecule has 112 valence electrons. The lowest BCUT2D eigenvalue weighted by Gasteiger charge is -2.31. The van der Waals surface area contributed by atoms with Crippen LogP contribution in [0.5, 0.6) is 0 Å². The van der Waals surface area contributed by atoms with Crippen LogP contribution in [-0.2, 0) is 6.54 Å². The van der Waals surface area contributed by atoms with Gasteiger partial charge in [0.1, 0.15) is 5.58 Å². The van der Waals surface area contributed by atoms with Crippen molar-refractivity contribution in [1.82, 2.24) is 4.90 Å². The molecule has 0 N–H and O–H groups in total. The van der Waals surface area contributed by atoms with Crippen LogP contribution >= 0.6 is 11.6 Å². The zero-order valence-electron chi connectivity index (χ0n) is 12.5. The van der Waals surface area contributed by atoms with E-state index in [1.54, 1.807) is 6.07 Å². The van der Waals surface area contributed by atoms with Crippen LogP contribution in [0.25, 0.3) is 11.0 Å². The molecule has 3 rings (SSSR count). The number of rotatable bonds is 2. The zero-order chi connectivity index (χ0) is 15.0. The fourth-order valence-electron chi connectivity index (χ4n) is 3.15. The summed E-state index contributed by atoms with van der Waals surface area (Å²) in [7, 11) is 0. The summed E-state index contributed by atoms with van der Waals surface area (Å²) in [5, 5.41) is 1.66. The maximum absolute atomic E-state index is 11.8. The van der Waals surface area contributed by atoms with Crippen LogP contribution in [0.2, 0.25) is 5.02 Å². The Balaban J connectivity index is 2.00. The number of piperidine rings is 1. The van der Waals surface area contributed by atoms with Gasteiger partial charge in [0.15, 0.2) is 0 Å². The van der Waals surface area contributed by atoms with Crippen LogP contribution in [0.1, 0.15) is 30.9 Å². The average Bonchev–Trinajstić information content (AvgIpc) is 2.41. The Hall–Kier alpha value is -1.32. The molecule has 1 atom stereocenters. The molecule has 0 radical (unpaired) electrons. The predicted molar refractivity (Wildman–Crippen MR) is 85.9 cm³/mol. The Bertz CT molecular complexity index is 723. The highest BCUT2D eigenvalue weighted by Gasteiger charge is 2.18. The van der Waals surface area contributed by atoms with Crippen LogP contribution in [0.3, 0.4) is 0 Å². The van der Waals surface area contributed by atoms with E-state index in [1.165, 1.54) is 12.8 Å². The van der Waals surface area contributed by atoms with Gasteiger partial charge in [-0.2, -0.15) is 0 Å². The monoisotopic (exact) mass is 305 g/mol. The van der Waals surface area contributed by atoms with E-state index in [0.717, 1.165) is 42.1 Å². The number of fused-ring (bicyclic) bond motifs is 1. The Morgan fingerprint density at radius 3 is 2.95 bits per heavy atom. The molecule has 0 amide bonds. The number of nitrogens with zero attached hydrogens (tertiary/aromatic N) is 1. The molecule has 0 unspecified atom stereocenters. The molecule has 0 bridgehead atoms. The van der Waals surface area contributed by atoms with E-state index in [1.807, 2.05) is 19.1 Å². The fourth-order valence-corrected chi connectivity index (χ4v) is 3.31. The van der Waals surface area contributed by atoms with Crippen molar-refractivity contribution in [3.63, 3.8) is 0 Å². The summed E-state index contributed by atoms with van der Waals surface area (Å²) in [5.74, 6) is 0.718. The van der Waals surface area contributed by atoms with Crippen LogP contribution in [0, 0.1) is 12.8 Å². The van der Waals surface area contributed by atoms with Crippen molar-refractivity contribution in [2.45, 2.75) is 33.2 Å². The minimum atomic E-state index is -0.288. The highest BCUT2D eigenvalue weighted by atomic mass is 35.5. The van der Waals surface area contributed by atoms with Gasteiger partial charge in [-0.1, -0.05) is 18.5 Å². The second kappa shape index (κ2) is 5.82. The number of hydrogen-bond donors (Lipinski definition) is 0. The average molecular weight is 306 g/mol. The highest BCUT2D eigenvalue weighted by molar-refractivity contribution is 6.32. The molecule has 2 heterocycles. The topological polar surface area (TPSA) is 33.5 Å². The maximum Gasteiger partial charge on any atom is 0.336 e. The molecule has 0 aliphatic carbocycles. The van der Waals surface area contributed by atoms with Crippen molar-refractivity contribution in [3.8, 4) is 0 Å². The molecule has 0 spiro atoms. The van der Waals surface area contributed by atoms with E-state index < -0.39 is 0 Å². The van der Waals surface area contributed by atoms with Gasteiger partial charge in [-0.05, 0) is 55.5 Å². The lowest BCUT2D eigenvalue weighted by atomic mass is 9.99. The largest absolute Gasteiger partial charge is 0.423 e. The minimum absolute atomic E-state index is 0.288. The third kappa shape index (κ3) is 3.14. The molecule has 0 saturated carbocycles. The molecule has 1 aliphatic heterocycles. The Labute approximate surface area is 129 Å². The van der Waals surface area contributed by atoms with E-state index in [0.29, 0.717) is 10.6 Å². The first-order chi connectivity index (χ1) is 10.0. The first-order valence-electron chi connectivity index (χ1n) is 7.48. The van der Waals surface area contributed by atoms with Gasteiger partial charge < -0.3 is 4.42 Å². The third-order valence-corrected chi connectivity index (χ3v) is 4.65.